The number of rotatable bonds is 2. The van der Waals surface area contributed by atoms with E-state index in [1.54, 1.807) is 20.8 Å². The minimum atomic E-state index is -4.63. The highest BCUT2D eigenvalue weighted by molar-refractivity contribution is 5.67. The molecule has 126 valence electrons. The molecule has 1 heterocycles. The Hall–Kier alpha value is -2.43. The minimum absolute atomic E-state index is 0.158. The number of carbonyl (C=O) groups excluding carboxylic acids is 1. The van der Waals surface area contributed by atoms with Gasteiger partial charge in [0, 0.05) is 13.0 Å². The van der Waals surface area contributed by atoms with Crippen molar-refractivity contribution in [3.63, 3.8) is 0 Å². The summed E-state index contributed by atoms with van der Waals surface area (Å²) in [7, 11) is 0. The number of nitrogens with zero attached hydrogens (tertiary/aromatic N) is 1. The van der Waals surface area contributed by atoms with Gasteiger partial charge in [-0.15, -0.1) is 0 Å². The van der Waals surface area contributed by atoms with Gasteiger partial charge in [-0.3, -0.25) is 0 Å². The second kappa shape index (κ2) is 7.22. The number of ether oxygens (including phenoxy) is 1. The van der Waals surface area contributed by atoms with Crippen LogP contribution in [-0.4, -0.2) is 23.2 Å². The molecule has 8 heteroatoms. The third-order valence-corrected chi connectivity index (χ3v) is 2.33. The van der Waals surface area contributed by atoms with Crippen molar-refractivity contribution < 1.29 is 22.7 Å². The topological polar surface area (TPSA) is 77.2 Å². The fourth-order valence-electron chi connectivity index (χ4n) is 1.49. The van der Waals surface area contributed by atoms with E-state index in [4.69, 9.17) is 10.5 Å². The van der Waals surface area contributed by atoms with E-state index >= 15 is 0 Å². The van der Waals surface area contributed by atoms with Gasteiger partial charge in [-0.2, -0.15) is 13.2 Å². The molecule has 1 aromatic heterocycles. The Labute approximate surface area is 132 Å². The number of carbonyl (C=O) groups is 1. The largest absolute Gasteiger partial charge is 0.444 e. The number of halogens is 3. The number of nitrogens with one attached hydrogen (secondary N) is 1. The SMILES string of the molecule is CC(C)(C)OC(=O)NCCC#Cc1ccc(N)nc1C(F)(F)F. The van der Waals surface area contributed by atoms with Crippen LogP contribution in [0.4, 0.5) is 23.8 Å². The molecule has 0 atom stereocenters. The molecule has 0 fully saturated rings. The lowest BCUT2D eigenvalue weighted by Gasteiger charge is -2.19. The summed E-state index contributed by atoms with van der Waals surface area (Å²) in [5.41, 5.74) is 3.26. The number of alkyl carbamates (subject to hydrolysis) is 1. The highest BCUT2D eigenvalue weighted by Gasteiger charge is 2.35. The van der Waals surface area contributed by atoms with Crippen LogP contribution in [0, 0.1) is 11.8 Å². The molecule has 0 saturated carbocycles. The van der Waals surface area contributed by atoms with Crippen LogP contribution < -0.4 is 11.1 Å². The van der Waals surface area contributed by atoms with Crippen LogP contribution in [0.25, 0.3) is 0 Å². The fraction of sp³-hybridized carbons (Fsp3) is 0.467. The van der Waals surface area contributed by atoms with Gasteiger partial charge in [-0.1, -0.05) is 11.8 Å². The number of aromatic nitrogens is 1. The molecule has 1 amide bonds. The van der Waals surface area contributed by atoms with Gasteiger partial charge >= 0.3 is 12.3 Å². The van der Waals surface area contributed by atoms with Crippen LogP contribution in [0.2, 0.25) is 0 Å². The van der Waals surface area contributed by atoms with E-state index in [2.05, 4.69) is 22.1 Å². The summed E-state index contributed by atoms with van der Waals surface area (Å²) < 4.78 is 43.4. The first-order chi connectivity index (χ1) is 10.5. The van der Waals surface area contributed by atoms with E-state index < -0.39 is 23.6 Å². The lowest BCUT2D eigenvalue weighted by atomic mass is 10.2. The molecule has 0 spiro atoms. The smallest absolute Gasteiger partial charge is 0.434 e. The molecule has 5 nitrogen and oxygen atoms in total. The van der Waals surface area contributed by atoms with Crippen molar-refractivity contribution in [2.24, 2.45) is 0 Å². The predicted octanol–water partition coefficient (Wildman–Crippen LogP) is 2.95. The molecule has 0 aliphatic heterocycles. The molecule has 0 aliphatic carbocycles. The van der Waals surface area contributed by atoms with E-state index in [-0.39, 0.29) is 24.3 Å². The number of pyridine rings is 1. The number of nitrogens with two attached hydrogens (primary N) is 1. The Morgan fingerprint density at radius 2 is 2.00 bits per heavy atom. The van der Waals surface area contributed by atoms with E-state index in [0.717, 1.165) is 0 Å². The Balaban J connectivity index is 2.63. The summed E-state index contributed by atoms with van der Waals surface area (Å²) in [4.78, 5) is 14.6. The first kappa shape index (κ1) is 18.6. The van der Waals surface area contributed by atoms with Gasteiger partial charge in [-0.25, -0.2) is 9.78 Å². The van der Waals surface area contributed by atoms with Gasteiger partial charge in [-0.05, 0) is 32.9 Å². The Kier molecular flexibility index (Phi) is 5.85. The van der Waals surface area contributed by atoms with Gasteiger partial charge in [0.25, 0.3) is 0 Å². The number of amides is 1. The summed E-state index contributed by atoms with van der Waals surface area (Å²) in [5.74, 6) is 4.71. The van der Waals surface area contributed by atoms with E-state index in [0.29, 0.717) is 0 Å². The van der Waals surface area contributed by atoms with Crippen molar-refractivity contribution in [2.75, 3.05) is 12.3 Å². The summed E-state index contributed by atoms with van der Waals surface area (Å²) in [6.07, 6.45) is -5.07. The Morgan fingerprint density at radius 3 is 2.57 bits per heavy atom. The third-order valence-electron chi connectivity index (χ3n) is 2.33. The molecule has 1 rings (SSSR count). The summed E-state index contributed by atoms with van der Waals surface area (Å²) in [6, 6.07) is 2.41. The maximum atomic E-state index is 12.8. The van der Waals surface area contributed by atoms with Gasteiger partial charge in [0.05, 0.1) is 5.56 Å². The van der Waals surface area contributed by atoms with Crippen molar-refractivity contribution >= 4 is 11.9 Å². The highest BCUT2D eigenvalue weighted by Crippen LogP contribution is 2.30. The summed E-state index contributed by atoms with van der Waals surface area (Å²) in [6.45, 7) is 5.32. The van der Waals surface area contributed by atoms with Crippen molar-refractivity contribution in [3.8, 4) is 11.8 Å². The normalized spacial score (nSPS) is 11.4. The van der Waals surface area contributed by atoms with Crippen LogP contribution >= 0.6 is 0 Å². The van der Waals surface area contributed by atoms with E-state index in [1.807, 2.05) is 0 Å². The maximum absolute atomic E-state index is 12.8. The van der Waals surface area contributed by atoms with Gasteiger partial charge in [0.2, 0.25) is 0 Å². The maximum Gasteiger partial charge on any atom is 0.434 e. The van der Waals surface area contributed by atoms with Crippen LogP contribution in [0.3, 0.4) is 0 Å². The van der Waals surface area contributed by atoms with Crippen LogP contribution in [0.5, 0.6) is 0 Å². The minimum Gasteiger partial charge on any atom is -0.444 e. The summed E-state index contributed by atoms with van der Waals surface area (Å²) in [5, 5.41) is 2.46. The first-order valence-corrected chi connectivity index (χ1v) is 6.78. The Bertz CT molecular complexity index is 626. The average Bonchev–Trinajstić information content (AvgIpc) is 2.36. The quantitative estimate of drug-likeness (QED) is 0.646. The van der Waals surface area contributed by atoms with E-state index in [9.17, 15) is 18.0 Å². The zero-order valence-electron chi connectivity index (χ0n) is 13.0. The molecule has 0 bridgehead atoms. The van der Waals surface area contributed by atoms with Crippen molar-refractivity contribution in [1.29, 1.82) is 0 Å². The van der Waals surface area contributed by atoms with Crippen LogP contribution in [0.15, 0.2) is 12.1 Å². The molecular formula is C15H18F3N3O2. The predicted molar refractivity (Wildman–Crippen MR) is 79.4 cm³/mol. The van der Waals surface area contributed by atoms with Crippen molar-refractivity contribution in [2.45, 2.75) is 39.0 Å². The molecule has 0 aliphatic rings. The van der Waals surface area contributed by atoms with Crippen LogP contribution in [0.1, 0.15) is 38.4 Å². The lowest BCUT2D eigenvalue weighted by molar-refractivity contribution is -0.141. The number of hydrogen-bond acceptors (Lipinski definition) is 4. The van der Waals surface area contributed by atoms with Gasteiger partial charge in [0.15, 0.2) is 5.69 Å². The van der Waals surface area contributed by atoms with Crippen LogP contribution in [-0.2, 0) is 10.9 Å². The standard InChI is InChI=1S/C15H18F3N3O2/c1-14(2,3)23-13(22)20-9-5-4-6-10-7-8-11(19)21-12(10)15(16,17)18/h7-8H,5,9H2,1-3H3,(H2,19,21)(H,20,22). The highest BCUT2D eigenvalue weighted by atomic mass is 19.4. The lowest BCUT2D eigenvalue weighted by Crippen LogP contribution is -2.32. The second-order valence-corrected chi connectivity index (χ2v) is 5.61. The molecule has 3 N–H and O–H groups in total. The number of anilines is 1. The van der Waals surface area contributed by atoms with Gasteiger partial charge < -0.3 is 15.8 Å². The zero-order chi connectivity index (χ0) is 17.7. The summed E-state index contributed by atoms with van der Waals surface area (Å²) >= 11 is 0. The van der Waals surface area contributed by atoms with E-state index in [1.165, 1.54) is 12.1 Å². The number of alkyl halides is 3. The fourth-order valence-corrected chi connectivity index (χ4v) is 1.49. The monoisotopic (exact) mass is 329 g/mol. The molecular weight excluding hydrogens is 311 g/mol. The molecule has 1 aromatic rings. The first-order valence-electron chi connectivity index (χ1n) is 6.78. The molecule has 0 radical (unpaired) electrons. The number of hydrogen-bond donors (Lipinski definition) is 2. The molecule has 0 saturated heterocycles. The van der Waals surface area contributed by atoms with Crippen molar-refractivity contribution in [3.05, 3.63) is 23.4 Å². The van der Waals surface area contributed by atoms with Crippen molar-refractivity contribution in [1.82, 2.24) is 10.3 Å². The average molecular weight is 329 g/mol. The second-order valence-electron chi connectivity index (χ2n) is 5.61. The third kappa shape index (κ3) is 6.91. The molecule has 0 aromatic carbocycles. The number of nitrogen functional groups attached to an aromatic ring is 1. The van der Waals surface area contributed by atoms with Gasteiger partial charge in [0.1, 0.15) is 11.4 Å². The molecule has 23 heavy (non-hydrogen) atoms. The zero-order valence-corrected chi connectivity index (χ0v) is 13.0. The Morgan fingerprint density at radius 1 is 1.35 bits per heavy atom. The molecule has 0 unspecified atom stereocenters.